The standard InChI is InChI=1S/C22H26BrN5O4/c1-2-31-18-7-5-17(6-8-18)28-11-10-27(22(28)30)15-20(29)26-9-3-4-19(14-26)32-21-24-12-16(23)13-25-21/h5-8,12-13,19H,2-4,9-11,14-15H2,1H3. The summed E-state index contributed by atoms with van der Waals surface area (Å²) >= 11 is 3.30. The molecule has 0 bridgehead atoms. The van der Waals surface area contributed by atoms with Gasteiger partial charge in [0.2, 0.25) is 5.91 Å². The molecular weight excluding hydrogens is 478 g/mol. The highest BCUT2D eigenvalue weighted by molar-refractivity contribution is 9.10. The van der Waals surface area contributed by atoms with Crippen molar-refractivity contribution in [1.29, 1.82) is 0 Å². The number of rotatable bonds is 7. The fourth-order valence-corrected chi connectivity index (χ4v) is 4.10. The molecule has 2 aliphatic heterocycles. The smallest absolute Gasteiger partial charge is 0.325 e. The number of anilines is 1. The highest BCUT2D eigenvalue weighted by atomic mass is 79.9. The molecule has 2 aromatic rings. The number of hydrogen-bond donors (Lipinski definition) is 0. The van der Waals surface area contributed by atoms with E-state index in [1.54, 1.807) is 27.1 Å². The van der Waals surface area contributed by atoms with Gasteiger partial charge < -0.3 is 19.3 Å². The molecular formula is C22H26BrN5O4. The van der Waals surface area contributed by atoms with E-state index >= 15 is 0 Å². The molecule has 9 nitrogen and oxygen atoms in total. The van der Waals surface area contributed by atoms with E-state index < -0.39 is 0 Å². The topological polar surface area (TPSA) is 88.1 Å². The number of benzene rings is 1. The van der Waals surface area contributed by atoms with Crippen LogP contribution in [0.25, 0.3) is 0 Å². The first-order valence-electron chi connectivity index (χ1n) is 10.7. The summed E-state index contributed by atoms with van der Waals surface area (Å²) in [5, 5.41) is 0. The number of piperidine rings is 1. The normalized spacial score (nSPS) is 18.8. The predicted octanol–water partition coefficient (Wildman–Crippen LogP) is 2.95. The summed E-state index contributed by atoms with van der Waals surface area (Å²) in [4.78, 5) is 39.1. The van der Waals surface area contributed by atoms with Crippen LogP contribution < -0.4 is 14.4 Å². The summed E-state index contributed by atoms with van der Waals surface area (Å²) in [5.74, 6) is 0.697. The van der Waals surface area contributed by atoms with Gasteiger partial charge >= 0.3 is 12.0 Å². The second kappa shape index (κ2) is 10.2. The maximum atomic E-state index is 12.9. The molecule has 0 saturated carbocycles. The number of halogens is 1. The van der Waals surface area contributed by atoms with Gasteiger partial charge in [-0.25, -0.2) is 14.8 Å². The van der Waals surface area contributed by atoms with Gasteiger partial charge in [-0.2, -0.15) is 0 Å². The van der Waals surface area contributed by atoms with E-state index in [1.807, 2.05) is 31.2 Å². The Labute approximate surface area is 195 Å². The van der Waals surface area contributed by atoms with E-state index in [1.165, 1.54) is 0 Å². The Morgan fingerprint density at radius 1 is 1.16 bits per heavy atom. The molecule has 0 N–H and O–H groups in total. The van der Waals surface area contributed by atoms with Crippen LogP contribution in [0, 0.1) is 0 Å². The molecule has 4 rings (SSSR count). The molecule has 2 aliphatic rings. The summed E-state index contributed by atoms with van der Waals surface area (Å²) < 4.78 is 12.1. The third kappa shape index (κ3) is 5.29. The van der Waals surface area contributed by atoms with Crippen LogP contribution in [0.4, 0.5) is 10.5 Å². The highest BCUT2D eigenvalue weighted by Gasteiger charge is 2.33. The molecule has 3 amide bonds. The van der Waals surface area contributed by atoms with Crippen molar-refractivity contribution in [3.8, 4) is 11.8 Å². The average Bonchev–Trinajstić information content (AvgIpc) is 3.16. The van der Waals surface area contributed by atoms with E-state index in [0.29, 0.717) is 38.8 Å². The van der Waals surface area contributed by atoms with E-state index in [4.69, 9.17) is 9.47 Å². The minimum absolute atomic E-state index is 0.0634. The molecule has 2 fully saturated rings. The summed E-state index contributed by atoms with van der Waals surface area (Å²) in [5.41, 5.74) is 0.800. The Hall–Kier alpha value is -2.88. The molecule has 0 radical (unpaired) electrons. The van der Waals surface area contributed by atoms with Crippen LogP contribution >= 0.6 is 15.9 Å². The Morgan fingerprint density at radius 3 is 2.62 bits per heavy atom. The number of hydrogen-bond acceptors (Lipinski definition) is 6. The second-order valence-electron chi connectivity index (χ2n) is 7.69. The zero-order valence-corrected chi connectivity index (χ0v) is 19.5. The molecule has 2 saturated heterocycles. The molecule has 1 aromatic heterocycles. The molecule has 32 heavy (non-hydrogen) atoms. The zero-order valence-electron chi connectivity index (χ0n) is 17.9. The van der Waals surface area contributed by atoms with Crippen LogP contribution in [0.5, 0.6) is 11.8 Å². The molecule has 1 atom stereocenters. The van der Waals surface area contributed by atoms with Crippen molar-refractivity contribution >= 4 is 33.6 Å². The number of ether oxygens (including phenoxy) is 2. The lowest BCUT2D eigenvalue weighted by molar-refractivity contribution is -0.134. The fraction of sp³-hybridized carbons (Fsp3) is 0.455. The Morgan fingerprint density at radius 2 is 1.91 bits per heavy atom. The highest BCUT2D eigenvalue weighted by Crippen LogP contribution is 2.24. The number of aromatic nitrogens is 2. The van der Waals surface area contributed by atoms with Gasteiger partial charge in [0.05, 0.1) is 17.6 Å². The first-order chi connectivity index (χ1) is 15.5. The summed E-state index contributed by atoms with van der Waals surface area (Å²) in [6, 6.07) is 7.57. The minimum Gasteiger partial charge on any atom is -0.494 e. The van der Waals surface area contributed by atoms with Gasteiger partial charge in [0.15, 0.2) is 0 Å². The van der Waals surface area contributed by atoms with Crippen molar-refractivity contribution < 1.29 is 19.1 Å². The van der Waals surface area contributed by atoms with Crippen molar-refractivity contribution in [2.24, 2.45) is 0 Å². The fourth-order valence-electron chi connectivity index (χ4n) is 3.89. The van der Waals surface area contributed by atoms with Gasteiger partial charge in [-0.3, -0.25) is 9.69 Å². The van der Waals surface area contributed by atoms with Crippen LogP contribution in [0.15, 0.2) is 41.1 Å². The predicted molar refractivity (Wildman–Crippen MR) is 122 cm³/mol. The van der Waals surface area contributed by atoms with Crippen molar-refractivity contribution in [3.63, 3.8) is 0 Å². The lowest BCUT2D eigenvalue weighted by Gasteiger charge is -2.33. The van der Waals surface area contributed by atoms with Gasteiger partial charge in [0, 0.05) is 37.7 Å². The number of likely N-dealkylation sites (tertiary alicyclic amines) is 1. The summed E-state index contributed by atoms with van der Waals surface area (Å²) in [6.07, 6.45) is 4.76. The third-order valence-electron chi connectivity index (χ3n) is 5.48. The van der Waals surface area contributed by atoms with Crippen molar-refractivity contribution in [2.75, 3.05) is 44.2 Å². The van der Waals surface area contributed by atoms with Gasteiger partial charge in [0.25, 0.3) is 0 Å². The lowest BCUT2D eigenvalue weighted by atomic mass is 10.1. The first-order valence-corrected chi connectivity index (χ1v) is 11.5. The zero-order chi connectivity index (χ0) is 22.5. The maximum Gasteiger partial charge on any atom is 0.325 e. The number of nitrogens with zero attached hydrogens (tertiary/aromatic N) is 5. The minimum atomic E-state index is -0.163. The monoisotopic (exact) mass is 503 g/mol. The average molecular weight is 504 g/mol. The van der Waals surface area contributed by atoms with Crippen LogP contribution in [0.2, 0.25) is 0 Å². The van der Waals surface area contributed by atoms with Gasteiger partial charge in [0.1, 0.15) is 18.4 Å². The van der Waals surface area contributed by atoms with Gasteiger partial charge in [-0.05, 0) is 60.0 Å². The summed E-state index contributed by atoms with van der Waals surface area (Å²) in [7, 11) is 0. The molecule has 0 aliphatic carbocycles. The van der Waals surface area contributed by atoms with Crippen molar-refractivity contribution in [1.82, 2.24) is 19.8 Å². The molecule has 1 unspecified atom stereocenters. The SMILES string of the molecule is CCOc1ccc(N2CCN(CC(=O)N3CCCC(Oc4ncc(Br)cn4)C3)C2=O)cc1. The van der Waals surface area contributed by atoms with E-state index in [0.717, 1.165) is 28.8 Å². The largest absolute Gasteiger partial charge is 0.494 e. The quantitative estimate of drug-likeness (QED) is 0.577. The Balaban J connectivity index is 1.31. The first kappa shape index (κ1) is 22.3. The number of urea groups is 1. The lowest BCUT2D eigenvalue weighted by Crippen LogP contribution is -2.48. The van der Waals surface area contributed by atoms with Crippen LogP contribution in [-0.4, -0.2) is 77.1 Å². The van der Waals surface area contributed by atoms with Crippen LogP contribution in [0.3, 0.4) is 0 Å². The Kier molecular flexibility index (Phi) is 7.09. The van der Waals surface area contributed by atoms with E-state index in [-0.39, 0.29) is 24.6 Å². The van der Waals surface area contributed by atoms with E-state index in [9.17, 15) is 9.59 Å². The van der Waals surface area contributed by atoms with Crippen molar-refractivity contribution in [3.05, 3.63) is 41.1 Å². The number of amides is 3. The van der Waals surface area contributed by atoms with Crippen molar-refractivity contribution in [2.45, 2.75) is 25.9 Å². The molecule has 10 heteroatoms. The Bertz CT molecular complexity index is 940. The third-order valence-corrected chi connectivity index (χ3v) is 5.89. The maximum absolute atomic E-state index is 12.9. The molecule has 170 valence electrons. The molecule has 3 heterocycles. The van der Waals surface area contributed by atoms with Crippen LogP contribution in [0.1, 0.15) is 19.8 Å². The summed E-state index contributed by atoms with van der Waals surface area (Å²) in [6.45, 7) is 4.76. The van der Waals surface area contributed by atoms with E-state index in [2.05, 4.69) is 25.9 Å². The van der Waals surface area contributed by atoms with Crippen LogP contribution in [-0.2, 0) is 4.79 Å². The number of carbonyl (C=O) groups excluding carboxylic acids is 2. The molecule has 1 aromatic carbocycles. The van der Waals surface area contributed by atoms with Gasteiger partial charge in [-0.1, -0.05) is 0 Å². The number of carbonyl (C=O) groups is 2. The van der Waals surface area contributed by atoms with Gasteiger partial charge in [-0.15, -0.1) is 0 Å². The second-order valence-corrected chi connectivity index (χ2v) is 8.60. The molecule has 0 spiro atoms.